The molecule has 20 heavy (non-hydrogen) atoms. The summed E-state index contributed by atoms with van der Waals surface area (Å²) in [4.78, 5) is 12.3. The molecule has 4 heteroatoms. The van der Waals surface area contributed by atoms with E-state index in [0.717, 1.165) is 12.8 Å². The highest BCUT2D eigenvalue weighted by molar-refractivity contribution is 5.96. The predicted molar refractivity (Wildman–Crippen MR) is 78.8 cm³/mol. The molecule has 0 amide bonds. The highest BCUT2D eigenvalue weighted by atomic mass is 16.5. The van der Waals surface area contributed by atoms with Gasteiger partial charge in [-0.2, -0.15) is 0 Å². The molecule has 0 bridgehead atoms. The second kappa shape index (κ2) is 6.16. The second-order valence-corrected chi connectivity index (χ2v) is 5.87. The van der Waals surface area contributed by atoms with Gasteiger partial charge in [-0.3, -0.25) is 0 Å². The lowest BCUT2D eigenvalue weighted by atomic mass is 9.82. The Hall–Kier alpha value is -1.71. The van der Waals surface area contributed by atoms with Crippen molar-refractivity contribution in [2.75, 3.05) is 12.8 Å². The Bertz CT molecular complexity index is 477. The fourth-order valence-corrected chi connectivity index (χ4v) is 3.08. The Kier molecular flexibility index (Phi) is 4.53. The van der Waals surface area contributed by atoms with E-state index < -0.39 is 0 Å². The van der Waals surface area contributed by atoms with Crippen LogP contribution in [0.25, 0.3) is 0 Å². The van der Waals surface area contributed by atoms with Crippen molar-refractivity contribution in [3.05, 3.63) is 23.8 Å². The lowest BCUT2D eigenvalue weighted by Crippen LogP contribution is -2.28. The number of para-hydroxylation sites is 1. The van der Waals surface area contributed by atoms with Crippen LogP contribution >= 0.6 is 0 Å². The van der Waals surface area contributed by atoms with Crippen molar-refractivity contribution in [1.29, 1.82) is 0 Å². The predicted octanol–water partition coefficient (Wildman–Crippen LogP) is 3.26. The van der Waals surface area contributed by atoms with E-state index in [1.165, 1.54) is 13.5 Å². The first-order valence-corrected chi connectivity index (χ1v) is 7.14. The fraction of sp³-hybridized carbons (Fsp3) is 0.562. The third kappa shape index (κ3) is 3.24. The van der Waals surface area contributed by atoms with Crippen molar-refractivity contribution in [2.45, 2.75) is 39.2 Å². The van der Waals surface area contributed by atoms with Crippen molar-refractivity contribution in [3.63, 3.8) is 0 Å². The van der Waals surface area contributed by atoms with E-state index in [-0.39, 0.29) is 12.1 Å². The van der Waals surface area contributed by atoms with Crippen LogP contribution in [0.3, 0.4) is 0 Å². The zero-order chi connectivity index (χ0) is 14.7. The normalized spacial score (nSPS) is 26.1. The van der Waals surface area contributed by atoms with Crippen LogP contribution in [-0.4, -0.2) is 19.2 Å². The first kappa shape index (κ1) is 14.7. The number of carbonyl (C=O) groups is 1. The number of hydrogen-bond donors (Lipinski definition) is 1. The number of methoxy groups -OCH3 is 1. The molecular formula is C16H23NO3. The average molecular weight is 277 g/mol. The number of ether oxygens (including phenoxy) is 2. The lowest BCUT2D eigenvalue weighted by molar-refractivity contribution is 0.00815. The van der Waals surface area contributed by atoms with E-state index in [2.05, 4.69) is 13.8 Å². The molecule has 1 aliphatic rings. The molecule has 2 rings (SSSR count). The van der Waals surface area contributed by atoms with E-state index in [0.29, 0.717) is 28.8 Å². The van der Waals surface area contributed by atoms with Crippen LogP contribution < -0.4 is 10.5 Å². The molecule has 2 unspecified atom stereocenters. The van der Waals surface area contributed by atoms with Crippen molar-refractivity contribution in [1.82, 2.24) is 0 Å². The topological polar surface area (TPSA) is 61.5 Å². The van der Waals surface area contributed by atoms with Gasteiger partial charge in [0.1, 0.15) is 11.9 Å². The minimum Gasteiger partial charge on any atom is -0.495 e. The number of carbonyl (C=O) groups excluding carboxylic acids is 1. The monoisotopic (exact) mass is 277 g/mol. The molecule has 2 atom stereocenters. The van der Waals surface area contributed by atoms with Gasteiger partial charge in [0.2, 0.25) is 0 Å². The van der Waals surface area contributed by atoms with Gasteiger partial charge in [0.05, 0.1) is 18.4 Å². The number of rotatable bonds is 3. The van der Waals surface area contributed by atoms with Crippen LogP contribution in [0.2, 0.25) is 0 Å². The van der Waals surface area contributed by atoms with Crippen LogP contribution in [-0.2, 0) is 4.74 Å². The summed E-state index contributed by atoms with van der Waals surface area (Å²) >= 11 is 0. The van der Waals surface area contributed by atoms with Gasteiger partial charge in [0.25, 0.3) is 0 Å². The molecule has 1 aliphatic carbocycles. The largest absolute Gasteiger partial charge is 0.495 e. The summed E-state index contributed by atoms with van der Waals surface area (Å²) in [5, 5.41) is 0. The zero-order valence-electron chi connectivity index (χ0n) is 12.4. The van der Waals surface area contributed by atoms with Gasteiger partial charge in [-0.1, -0.05) is 19.9 Å². The summed E-state index contributed by atoms with van der Waals surface area (Å²) in [7, 11) is 1.53. The second-order valence-electron chi connectivity index (χ2n) is 5.87. The maximum Gasteiger partial charge on any atom is 0.340 e. The first-order chi connectivity index (χ1) is 9.51. The Morgan fingerprint density at radius 1 is 1.20 bits per heavy atom. The van der Waals surface area contributed by atoms with Gasteiger partial charge in [-0.25, -0.2) is 4.79 Å². The molecule has 0 aromatic heterocycles. The Morgan fingerprint density at radius 2 is 1.85 bits per heavy atom. The van der Waals surface area contributed by atoms with Crippen molar-refractivity contribution < 1.29 is 14.3 Å². The number of benzene rings is 1. The molecule has 0 saturated heterocycles. The maximum absolute atomic E-state index is 12.3. The van der Waals surface area contributed by atoms with Crippen molar-refractivity contribution in [2.24, 2.45) is 11.8 Å². The summed E-state index contributed by atoms with van der Waals surface area (Å²) in [5.74, 6) is 1.34. The fourth-order valence-electron chi connectivity index (χ4n) is 3.08. The number of hydrogen-bond acceptors (Lipinski definition) is 4. The highest BCUT2D eigenvalue weighted by Crippen LogP contribution is 2.32. The highest BCUT2D eigenvalue weighted by Gasteiger charge is 2.27. The minimum atomic E-state index is -0.354. The number of esters is 1. The molecular weight excluding hydrogens is 254 g/mol. The molecule has 1 aromatic rings. The quantitative estimate of drug-likeness (QED) is 0.680. The standard InChI is InChI=1S/C16H23NO3/c1-10-7-11(2)9-12(8-10)20-16(18)13-5-4-6-14(19-3)15(13)17/h4-6,10-12H,7-9,17H2,1-3H3. The first-order valence-electron chi connectivity index (χ1n) is 7.14. The van der Waals surface area contributed by atoms with Crippen LogP contribution in [0.15, 0.2) is 18.2 Å². The van der Waals surface area contributed by atoms with Crippen LogP contribution in [0.4, 0.5) is 5.69 Å². The van der Waals surface area contributed by atoms with E-state index >= 15 is 0 Å². The minimum absolute atomic E-state index is 0.00755. The molecule has 0 spiro atoms. The van der Waals surface area contributed by atoms with Crippen molar-refractivity contribution >= 4 is 11.7 Å². The molecule has 0 heterocycles. The van der Waals surface area contributed by atoms with Gasteiger partial charge in [-0.05, 0) is 43.2 Å². The molecule has 110 valence electrons. The molecule has 1 fully saturated rings. The summed E-state index contributed by atoms with van der Waals surface area (Å²) in [6, 6.07) is 5.16. The van der Waals surface area contributed by atoms with Gasteiger partial charge in [0.15, 0.2) is 0 Å². The Labute approximate surface area is 120 Å². The zero-order valence-corrected chi connectivity index (χ0v) is 12.4. The van der Waals surface area contributed by atoms with E-state index in [9.17, 15) is 4.79 Å². The van der Waals surface area contributed by atoms with Crippen LogP contribution in [0, 0.1) is 11.8 Å². The molecule has 1 aromatic carbocycles. The summed E-state index contributed by atoms with van der Waals surface area (Å²) in [6.07, 6.45) is 3.06. The van der Waals surface area contributed by atoms with Crippen molar-refractivity contribution in [3.8, 4) is 5.75 Å². The van der Waals surface area contributed by atoms with E-state index in [1.54, 1.807) is 18.2 Å². The number of nitrogens with two attached hydrogens (primary N) is 1. The molecule has 0 radical (unpaired) electrons. The molecule has 4 nitrogen and oxygen atoms in total. The number of anilines is 1. The summed E-state index contributed by atoms with van der Waals surface area (Å²) < 4.78 is 10.8. The van der Waals surface area contributed by atoms with Crippen LogP contribution in [0.1, 0.15) is 43.5 Å². The Morgan fingerprint density at radius 3 is 2.45 bits per heavy atom. The smallest absolute Gasteiger partial charge is 0.340 e. The van der Waals surface area contributed by atoms with E-state index in [1.807, 2.05) is 0 Å². The average Bonchev–Trinajstić information content (AvgIpc) is 2.37. The molecule has 1 saturated carbocycles. The third-order valence-electron chi connectivity index (χ3n) is 3.91. The maximum atomic E-state index is 12.3. The summed E-state index contributed by atoms with van der Waals surface area (Å²) in [5.41, 5.74) is 6.66. The Balaban J connectivity index is 2.08. The SMILES string of the molecule is COc1cccc(C(=O)OC2CC(C)CC(C)C2)c1N. The van der Waals surface area contributed by atoms with Gasteiger partial charge < -0.3 is 15.2 Å². The van der Waals surface area contributed by atoms with Gasteiger partial charge >= 0.3 is 5.97 Å². The number of nitrogen functional groups attached to an aromatic ring is 1. The van der Waals surface area contributed by atoms with E-state index in [4.69, 9.17) is 15.2 Å². The lowest BCUT2D eigenvalue weighted by Gasteiger charge is -2.31. The van der Waals surface area contributed by atoms with Gasteiger partial charge in [-0.15, -0.1) is 0 Å². The molecule has 2 N–H and O–H groups in total. The molecule has 0 aliphatic heterocycles. The summed E-state index contributed by atoms with van der Waals surface area (Å²) in [6.45, 7) is 4.41. The van der Waals surface area contributed by atoms with Crippen LogP contribution in [0.5, 0.6) is 5.75 Å². The van der Waals surface area contributed by atoms with Gasteiger partial charge in [0, 0.05) is 0 Å². The third-order valence-corrected chi connectivity index (χ3v) is 3.91.